The van der Waals surface area contributed by atoms with Crippen LogP contribution >= 0.6 is 0 Å². The maximum Gasteiger partial charge on any atom is 0.171 e. The lowest BCUT2D eigenvalue weighted by Crippen LogP contribution is -2.12. The Bertz CT molecular complexity index is 168. The van der Waals surface area contributed by atoms with Gasteiger partial charge in [-0.2, -0.15) is 0 Å². The van der Waals surface area contributed by atoms with Gasteiger partial charge in [0.15, 0.2) is 5.82 Å². The fourth-order valence-corrected chi connectivity index (χ4v) is 0.438. The van der Waals surface area contributed by atoms with Crippen molar-refractivity contribution in [1.82, 2.24) is 20.3 Å². The number of hydrogen-bond acceptors (Lipinski definition) is 4. The predicted molar refractivity (Wildman–Crippen MR) is 27.8 cm³/mol. The average Bonchev–Trinajstić information content (AvgIpc) is 2.14. The van der Waals surface area contributed by atoms with Crippen LogP contribution in [0.25, 0.3) is 0 Å². The van der Waals surface area contributed by atoms with E-state index in [0.29, 0.717) is 0 Å². The standard InChI is InChI=1S/C3H7N5/c1-3-5-6-7-8(3)4-2/h4H,1-2H3. The van der Waals surface area contributed by atoms with Gasteiger partial charge in [-0.3, -0.25) is 0 Å². The lowest BCUT2D eigenvalue weighted by atomic mass is 10.8. The molecule has 5 nitrogen and oxygen atoms in total. The van der Waals surface area contributed by atoms with E-state index in [2.05, 4.69) is 21.0 Å². The van der Waals surface area contributed by atoms with E-state index < -0.39 is 0 Å². The smallest absolute Gasteiger partial charge is 0.171 e. The van der Waals surface area contributed by atoms with Gasteiger partial charge < -0.3 is 5.43 Å². The molecule has 1 aromatic rings. The maximum atomic E-state index is 3.63. The molecule has 0 unspecified atom stereocenters. The minimum atomic E-state index is 0.757. The van der Waals surface area contributed by atoms with Crippen molar-refractivity contribution in [3.8, 4) is 0 Å². The first kappa shape index (κ1) is 5.02. The van der Waals surface area contributed by atoms with Crippen LogP contribution in [0.4, 0.5) is 0 Å². The monoisotopic (exact) mass is 113 g/mol. The Balaban J connectivity index is 2.92. The molecule has 5 heteroatoms. The van der Waals surface area contributed by atoms with Gasteiger partial charge in [-0.1, -0.05) is 0 Å². The van der Waals surface area contributed by atoms with Gasteiger partial charge >= 0.3 is 0 Å². The van der Waals surface area contributed by atoms with Gasteiger partial charge in [0.1, 0.15) is 0 Å². The van der Waals surface area contributed by atoms with E-state index in [1.807, 2.05) is 6.92 Å². The summed E-state index contributed by atoms with van der Waals surface area (Å²) in [5, 5.41) is 10.6. The lowest BCUT2D eigenvalue weighted by molar-refractivity contribution is 0.709. The Morgan fingerprint density at radius 2 is 2.38 bits per heavy atom. The van der Waals surface area contributed by atoms with E-state index in [9.17, 15) is 0 Å². The molecule has 0 saturated heterocycles. The Morgan fingerprint density at radius 1 is 1.62 bits per heavy atom. The molecule has 0 amide bonds. The normalized spacial score (nSPS) is 9.25. The van der Waals surface area contributed by atoms with Crippen LogP contribution in [0, 0.1) is 6.92 Å². The number of aromatic nitrogens is 4. The highest BCUT2D eigenvalue weighted by Gasteiger charge is 1.92. The van der Waals surface area contributed by atoms with Crippen LogP contribution in [0.15, 0.2) is 0 Å². The fourth-order valence-electron chi connectivity index (χ4n) is 0.438. The first-order valence-corrected chi connectivity index (χ1v) is 2.27. The van der Waals surface area contributed by atoms with E-state index in [-0.39, 0.29) is 0 Å². The Labute approximate surface area is 46.7 Å². The van der Waals surface area contributed by atoms with Gasteiger partial charge in [0.2, 0.25) is 0 Å². The molecule has 0 aliphatic rings. The number of rotatable bonds is 1. The van der Waals surface area contributed by atoms with Crippen molar-refractivity contribution in [1.29, 1.82) is 0 Å². The molecule has 0 fully saturated rings. The number of hydrogen-bond donors (Lipinski definition) is 1. The molecule has 1 aromatic heterocycles. The van der Waals surface area contributed by atoms with E-state index in [4.69, 9.17) is 0 Å². The summed E-state index contributed by atoms with van der Waals surface area (Å²) in [5.41, 5.74) is 2.76. The summed E-state index contributed by atoms with van der Waals surface area (Å²) >= 11 is 0. The highest BCUT2D eigenvalue weighted by Crippen LogP contribution is 1.79. The van der Waals surface area contributed by atoms with Gasteiger partial charge in [0.05, 0.1) is 0 Å². The van der Waals surface area contributed by atoms with Crippen molar-refractivity contribution in [2.45, 2.75) is 6.92 Å². The SMILES string of the molecule is CNn1nnnc1C. The molecule has 0 aromatic carbocycles. The molecule has 0 aliphatic carbocycles. The second kappa shape index (κ2) is 1.77. The first-order valence-electron chi connectivity index (χ1n) is 2.27. The Morgan fingerprint density at radius 3 is 2.62 bits per heavy atom. The summed E-state index contributed by atoms with van der Waals surface area (Å²) in [4.78, 5) is 1.49. The molecule has 44 valence electrons. The number of nitrogens with one attached hydrogen (secondary N) is 1. The molecule has 0 spiro atoms. The molecule has 1 N–H and O–H groups in total. The Hall–Kier alpha value is -1.13. The van der Waals surface area contributed by atoms with Gasteiger partial charge in [0, 0.05) is 7.05 Å². The van der Waals surface area contributed by atoms with Crippen molar-refractivity contribution in [3.05, 3.63) is 5.82 Å². The van der Waals surface area contributed by atoms with Gasteiger partial charge in [-0.05, 0) is 17.4 Å². The second-order valence-electron chi connectivity index (χ2n) is 1.36. The lowest BCUT2D eigenvalue weighted by Gasteiger charge is -1.94. The Kier molecular flexibility index (Phi) is 1.11. The minimum absolute atomic E-state index is 0.757. The molecule has 0 saturated carbocycles. The molecule has 0 atom stereocenters. The third kappa shape index (κ3) is 0.617. The van der Waals surface area contributed by atoms with Crippen LogP contribution < -0.4 is 5.43 Å². The van der Waals surface area contributed by atoms with Crippen LogP contribution in [-0.4, -0.2) is 27.4 Å². The minimum Gasteiger partial charge on any atom is -0.310 e. The molecule has 0 aliphatic heterocycles. The molecule has 1 rings (SSSR count). The van der Waals surface area contributed by atoms with Crippen molar-refractivity contribution < 1.29 is 0 Å². The zero-order chi connectivity index (χ0) is 5.98. The number of aryl methyl sites for hydroxylation is 1. The molecule has 1 heterocycles. The largest absolute Gasteiger partial charge is 0.310 e. The molecular formula is C3H7N5. The molecular weight excluding hydrogens is 106 g/mol. The van der Waals surface area contributed by atoms with E-state index in [1.54, 1.807) is 7.05 Å². The van der Waals surface area contributed by atoms with Gasteiger partial charge in [0.25, 0.3) is 0 Å². The summed E-state index contributed by atoms with van der Waals surface area (Å²) in [7, 11) is 1.75. The second-order valence-corrected chi connectivity index (χ2v) is 1.36. The van der Waals surface area contributed by atoms with Crippen molar-refractivity contribution >= 4 is 0 Å². The van der Waals surface area contributed by atoms with Gasteiger partial charge in [-0.25, -0.2) is 0 Å². The van der Waals surface area contributed by atoms with Crippen LogP contribution in [-0.2, 0) is 0 Å². The first-order chi connectivity index (χ1) is 3.84. The number of nitrogens with zero attached hydrogens (tertiary/aromatic N) is 4. The molecule has 0 bridgehead atoms. The van der Waals surface area contributed by atoms with E-state index in [0.717, 1.165) is 5.82 Å². The predicted octanol–water partition coefficient (Wildman–Crippen LogP) is -0.845. The van der Waals surface area contributed by atoms with E-state index in [1.165, 1.54) is 4.79 Å². The quantitative estimate of drug-likeness (QED) is 0.515. The summed E-state index contributed by atoms with van der Waals surface area (Å²) in [5.74, 6) is 0.757. The topological polar surface area (TPSA) is 55.6 Å². The van der Waals surface area contributed by atoms with Crippen molar-refractivity contribution in [2.24, 2.45) is 0 Å². The summed E-state index contributed by atoms with van der Waals surface area (Å²) in [6.07, 6.45) is 0. The highest BCUT2D eigenvalue weighted by molar-refractivity contribution is 4.75. The highest BCUT2D eigenvalue weighted by atomic mass is 15.7. The maximum absolute atomic E-state index is 3.63. The van der Waals surface area contributed by atoms with E-state index >= 15 is 0 Å². The summed E-state index contributed by atoms with van der Waals surface area (Å²) in [6.45, 7) is 1.82. The number of tetrazole rings is 1. The van der Waals surface area contributed by atoms with Crippen molar-refractivity contribution in [2.75, 3.05) is 12.5 Å². The summed E-state index contributed by atoms with van der Waals surface area (Å²) < 4.78 is 0. The zero-order valence-electron chi connectivity index (χ0n) is 4.79. The van der Waals surface area contributed by atoms with Crippen LogP contribution in [0.1, 0.15) is 5.82 Å². The zero-order valence-corrected chi connectivity index (χ0v) is 4.79. The summed E-state index contributed by atoms with van der Waals surface area (Å²) in [6, 6.07) is 0. The third-order valence-corrected chi connectivity index (χ3v) is 0.837. The molecule has 0 radical (unpaired) electrons. The van der Waals surface area contributed by atoms with Crippen LogP contribution in [0.3, 0.4) is 0 Å². The molecule has 8 heavy (non-hydrogen) atoms. The fraction of sp³-hybridized carbons (Fsp3) is 0.667. The van der Waals surface area contributed by atoms with Crippen LogP contribution in [0.5, 0.6) is 0 Å². The van der Waals surface area contributed by atoms with Gasteiger partial charge in [-0.15, -0.1) is 9.89 Å². The average molecular weight is 113 g/mol. The third-order valence-electron chi connectivity index (χ3n) is 0.837. The van der Waals surface area contributed by atoms with Crippen molar-refractivity contribution in [3.63, 3.8) is 0 Å². The van der Waals surface area contributed by atoms with Crippen LogP contribution in [0.2, 0.25) is 0 Å².